The lowest BCUT2D eigenvalue weighted by Crippen LogP contribution is -2.39. The Morgan fingerprint density at radius 1 is 1.23 bits per heavy atom. The van der Waals surface area contributed by atoms with Crippen LogP contribution in [0.5, 0.6) is 0 Å². The van der Waals surface area contributed by atoms with Gasteiger partial charge in [-0.05, 0) is 31.7 Å². The molecule has 0 aliphatic carbocycles. The monoisotopic (exact) mass is 348 g/mol. The van der Waals surface area contributed by atoms with Crippen LogP contribution >= 0.6 is 0 Å². The number of aryl methyl sites for hydroxylation is 2. The van der Waals surface area contributed by atoms with Gasteiger partial charge in [-0.1, -0.05) is 37.3 Å². The first kappa shape index (κ1) is 16.8. The molecule has 3 aromatic rings. The maximum atomic E-state index is 13.4. The van der Waals surface area contributed by atoms with E-state index in [1.807, 2.05) is 55.3 Å². The topological polar surface area (TPSA) is 51.0 Å². The zero-order valence-electron chi connectivity index (χ0n) is 15.6. The van der Waals surface area contributed by atoms with Crippen LogP contribution in [0.1, 0.15) is 35.8 Å². The first-order chi connectivity index (χ1) is 12.5. The molecule has 2 aromatic heterocycles. The van der Waals surface area contributed by atoms with Crippen LogP contribution in [0.25, 0.3) is 22.3 Å². The quantitative estimate of drug-likeness (QED) is 0.707. The number of piperidine rings is 1. The molecule has 1 aliphatic heterocycles. The van der Waals surface area contributed by atoms with Crippen molar-refractivity contribution in [3.8, 4) is 11.3 Å². The Balaban J connectivity index is 1.88. The summed E-state index contributed by atoms with van der Waals surface area (Å²) in [6, 6.07) is 11.9. The van der Waals surface area contributed by atoms with E-state index in [9.17, 15) is 4.79 Å². The van der Waals surface area contributed by atoms with E-state index in [-0.39, 0.29) is 5.91 Å². The van der Waals surface area contributed by atoms with E-state index in [0.717, 1.165) is 47.5 Å². The van der Waals surface area contributed by atoms with Crippen molar-refractivity contribution in [2.24, 2.45) is 13.0 Å². The molecule has 5 nitrogen and oxygen atoms in total. The number of hydrogen-bond acceptors (Lipinski definition) is 3. The van der Waals surface area contributed by atoms with Crippen LogP contribution in [0.3, 0.4) is 0 Å². The smallest absolute Gasteiger partial charge is 0.254 e. The Hall–Kier alpha value is -2.69. The SMILES string of the molecule is Cc1nn(C)c2nc(-c3ccccc3)cc(C(=O)N3CCCC(C)C3)c12. The molecule has 1 fully saturated rings. The highest BCUT2D eigenvalue weighted by Gasteiger charge is 2.26. The summed E-state index contributed by atoms with van der Waals surface area (Å²) in [7, 11) is 1.88. The van der Waals surface area contributed by atoms with Crippen molar-refractivity contribution in [1.29, 1.82) is 0 Å². The number of fused-ring (bicyclic) bond motifs is 1. The summed E-state index contributed by atoms with van der Waals surface area (Å²) in [4.78, 5) is 20.2. The predicted molar refractivity (Wildman–Crippen MR) is 103 cm³/mol. The molecule has 0 bridgehead atoms. The van der Waals surface area contributed by atoms with Gasteiger partial charge in [0, 0.05) is 25.7 Å². The van der Waals surface area contributed by atoms with Gasteiger partial charge in [0.25, 0.3) is 5.91 Å². The third-order valence-corrected chi connectivity index (χ3v) is 5.21. The van der Waals surface area contributed by atoms with Gasteiger partial charge >= 0.3 is 0 Å². The number of carbonyl (C=O) groups is 1. The standard InChI is InChI=1S/C21H24N4O/c1-14-8-7-11-25(13-14)21(26)17-12-18(16-9-5-4-6-10-16)22-20-19(17)15(2)23-24(20)3/h4-6,9-10,12,14H,7-8,11,13H2,1-3H3. The molecule has 1 saturated heterocycles. The number of nitrogens with zero attached hydrogens (tertiary/aromatic N) is 4. The summed E-state index contributed by atoms with van der Waals surface area (Å²) < 4.78 is 1.77. The number of hydrogen-bond donors (Lipinski definition) is 0. The van der Waals surface area contributed by atoms with E-state index < -0.39 is 0 Å². The minimum absolute atomic E-state index is 0.0947. The fourth-order valence-electron chi connectivity index (χ4n) is 3.91. The average Bonchev–Trinajstić information content (AvgIpc) is 2.95. The minimum atomic E-state index is 0.0947. The second-order valence-corrected chi connectivity index (χ2v) is 7.33. The molecular weight excluding hydrogens is 324 g/mol. The molecule has 1 aromatic carbocycles. The lowest BCUT2D eigenvalue weighted by Gasteiger charge is -2.31. The average molecular weight is 348 g/mol. The molecule has 0 N–H and O–H groups in total. The van der Waals surface area contributed by atoms with Crippen molar-refractivity contribution in [1.82, 2.24) is 19.7 Å². The maximum Gasteiger partial charge on any atom is 0.254 e. The Bertz CT molecular complexity index is 961. The molecule has 1 atom stereocenters. The minimum Gasteiger partial charge on any atom is -0.338 e. The Kier molecular flexibility index (Phi) is 4.23. The Morgan fingerprint density at radius 3 is 2.73 bits per heavy atom. The van der Waals surface area contributed by atoms with E-state index in [1.165, 1.54) is 6.42 Å². The second-order valence-electron chi connectivity index (χ2n) is 7.33. The lowest BCUT2D eigenvalue weighted by molar-refractivity contribution is 0.0685. The van der Waals surface area contributed by atoms with Crippen LogP contribution in [-0.4, -0.2) is 38.7 Å². The fourth-order valence-corrected chi connectivity index (χ4v) is 3.91. The van der Waals surface area contributed by atoms with Crippen molar-refractivity contribution >= 4 is 16.9 Å². The number of benzene rings is 1. The molecule has 0 saturated carbocycles. The van der Waals surface area contributed by atoms with Crippen LogP contribution in [-0.2, 0) is 7.05 Å². The Labute approximate surface area is 153 Å². The first-order valence-electron chi connectivity index (χ1n) is 9.23. The lowest BCUT2D eigenvalue weighted by atomic mass is 9.98. The zero-order valence-corrected chi connectivity index (χ0v) is 15.6. The van der Waals surface area contributed by atoms with Crippen LogP contribution in [0.2, 0.25) is 0 Å². The summed E-state index contributed by atoms with van der Waals surface area (Å²) in [5.41, 5.74) is 4.15. The van der Waals surface area contributed by atoms with Crippen molar-refractivity contribution in [2.45, 2.75) is 26.7 Å². The highest BCUT2D eigenvalue weighted by Crippen LogP contribution is 2.29. The summed E-state index contributed by atoms with van der Waals surface area (Å²) >= 11 is 0. The van der Waals surface area contributed by atoms with E-state index in [1.54, 1.807) is 4.68 Å². The summed E-state index contributed by atoms with van der Waals surface area (Å²) in [6.45, 7) is 5.81. The Morgan fingerprint density at radius 2 is 2.00 bits per heavy atom. The molecule has 1 aliphatic rings. The molecule has 134 valence electrons. The van der Waals surface area contributed by atoms with Gasteiger partial charge in [-0.25, -0.2) is 4.98 Å². The molecule has 1 unspecified atom stereocenters. The molecular formula is C21H24N4O. The van der Waals surface area contributed by atoms with E-state index in [2.05, 4.69) is 12.0 Å². The third kappa shape index (κ3) is 2.87. The van der Waals surface area contributed by atoms with Gasteiger partial charge in [-0.15, -0.1) is 0 Å². The van der Waals surface area contributed by atoms with Gasteiger partial charge in [0.1, 0.15) is 0 Å². The highest BCUT2D eigenvalue weighted by atomic mass is 16.2. The zero-order chi connectivity index (χ0) is 18.3. The van der Waals surface area contributed by atoms with Crippen LogP contribution in [0.15, 0.2) is 36.4 Å². The van der Waals surface area contributed by atoms with Crippen molar-refractivity contribution in [3.05, 3.63) is 47.7 Å². The van der Waals surface area contributed by atoms with Crippen molar-refractivity contribution in [3.63, 3.8) is 0 Å². The third-order valence-electron chi connectivity index (χ3n) is 5.21. The number of likely N-dealkylation sites (tertiary alicyclic amines) is 1. The number of aromatic nitrogens is 3. The normalized spacial score (nSPS) is 17.7. The fraction of sp³-hybridized carbons (Fsp3) is 0.381. The molecule has 26 heavy (non-hydrogen) atoms. The molecule has 0 radical (unpaired) electrons. The van der Waals surface area contributed by atoms with E-state index in [0.29, 0.717) is 11.5 Å². The molecule has 1 amide bonds. The van der Waals surface area contributed by atoms with Gasteiger partial charge in [-0.3, -0.25) is 9.48 Å². The molecule has 3 heterocycles. The molecule has 0 spiro atoms. The highest BCUT2D eigenvalue weighted by molar-refractivity contribution is 6.07. The number of amides is 1. The molecule has 4 rings (SSSR count). The summed E-state index contributed by atoms with van der Waals surface area (Å²) in [5, 5.41) is 5.38. The number of carbonyl (C=O) groups excluding carboxylic acids is 1. The largest absolute Gasteiger partial charge is 0.338 e. The molecule has 5 heteroatoms. The van der Waals surface area contributed by atoms with Crippen LogP contribution in [0, 0.1) is 12.8 Å². The van der Waals surface area contributed by atoms with Gasteiger partial charge in [0.15, 0.2) is 5.65 Å². The summed E-state index contributed by atoms with van der Waals surface area (Å²) in [6.07, 6.45) is 2.26. The van der Waals surface area contributed by atoms with Gasteiger partial charge < -0.3 is 4.90 Å². The van der Waals surface area contributed by atoms with Gasteiger partial charge in [0.05, 0.1) is 22.3 Å². The second kappa shape index (κ2) is 6.56. The van der Waals surface area contributed by atoms with E-state index in [4.69, 9.17) is 4.98 Å². The van der Waals surface area contributed by atoms with Gasteiger partial charge in [-0.2, -0.15) is 5.10 Å². The first-order valence-corrected chi connectivity index (χ1v) is 9.23. The number of rotatable bonds is 2. The van der Waals surface area contributed by atoms with Crippen LogP contribution in [0.4, 0.5) is 0 Å². The van der Waals surface area contributed by atoms with Gasteiger partial charge in [0.2, 0.25) is 0 Å². The van der Waals surface area contributed by atoms with Crippen molar-refractivity contribution in [2.75, 3.05) is 13.1 Å². The number of pyridine rings is 1. The predicted octanol–water partition coefficient (Wildman–Crippen LogP) is 3.82. The van der Waals surface area contributed by atoms with Crippen LogP contribution < -0.4 is 0 Å². The maximum absolute atomic E-state index is 13.4. The van der Waals surface area contributed by atoms with E-state index >= 15 is 0 Å². The van der Waals surface area contributed by atoms with Crippen molar-refractivity contribution < 1.29 is 4.79 Å². The summed E-state index contributed by atoms with van der Waals surface area (Å²) in [5.74, 6) is 0.644.